The van der Waals surface area contributed by atoms with Crippen molar-refractivity contribution in [2.45, 2.75) is 6.04 Å². The molecule has 0 amide bonds. The van der Waals surface area contributed by atoms with Gasteiger partial charge >= 0.3 is 0 Å². The summed E-state index contributed by atoms with van der Waals surface area (Å²) in [5, 5.41) is 0. The van der Waals surface area contributed by atoms with Gasteiger partial charge in [-0.25, -0.2) is 0 Å². The Hall–Kier alpha value is -0.800. The first-order chi connectivity index (χ1) is 6.19. The molecule has 3 heteroatoms. The number of nitrogens with two attached hydrogens (primary N) is 1. The first kappa shape index (κ1) is 10.3. The van der Waals surface area contributed by atoms with Crippen LogP contribution in [-0.4, -0.2) is 7.11 Å². The van der Waals surface area contributed by atoms with Crippen LogP contribution < -0.4 is 10.5 Å². The lowest BCUT2D eigenvalue weighted by Gasteiger charge is -2.10. The Kier molecular flexibility index (Phi) is 3.51. The van der Waals surface area contributed by atoms with Crippen LogP contribution in [0.3, 0.4) is 0 Å². The van der Waals surface area contributed by atoms with Crippen molar-refractivity contribution in [1.29, 1.82) is 0 Å². The minimum absolute atomic E-state index is 0.163. The molecule has 0 aromatic heterocycles. The first-order valence-electron chi connectivity index (χ1n) is 3.90. The summed E-state index contributed by atoms with van der Waals surface area (Å²) in [6.07, 6.45) is 1.69. The lowest BCUT2D eigenvalue weighted by atomic mass is 10.1. The fourth-order valence-electron chi connectivity index (χ4n) is 1.03. The fourth-order valence-corrected chi connectivity index (χ4v) is 1.54. The lowest BCUT2D eigenvalue weighted by molar-refractivity contribution is 0.414. The predicted molar refractivity (Wildman–Crippen MR) is 57.8 cm³/mol. The summed E-state index contributed by atoms with van der Waals surface area (Å²) in [6, 6.07) is 5.53. The van der Waals surface area contributed by atoms with Gasteiger partial charge in [0.2, 0.25) is 0 Å². The van der Waals surface area contributed by atoms with Crippen molar-refractivity contribution in [2.24, 2.45) is 5.73 Å². The van der Waals surface area contributed by atoms with Crippen LogP contribution in [-0.2, 0) is 0 Å². The summed E-state index contributed by atoms with van der Waals surface area (Å²) in [7, 11) is 1.63. The van der Waals surface area contributed by atoms with E-state index in [1.165, 1.54) is 0 Å². The maximum atomic E-state index is 5.82. The smallest absolute Gasteiger partial charge is 0.119 e. The molecule has 0 aliphatic rings. The van der Waals surface area contributed by atoms with E-state index < -0.39 is 0 Å². The van der Waals surface area contributed by atoms with E-state index in [2.05, 4.69) is 22.5 Å². The summed E-state index contributed by atoms with van der Waals surface area (Å²) in [5.74, 6) is 0.801. The Labute approximate surface area is 86.5 Å². The number of hydrogen-bond donors (Lipinski definition) is 1. The molecule has 0 aliphatic heterocycles. The molecule has 0 saturated heterocycles. The number of hydrogen-bond acceptors (Lipinski definition) is 2. The lowest BCUT2D eigenvalue weighted by Crippen LogP contribution is -2.07. The molecule has 0 saturated carbocycles. The molecule has 2 N–H and O–H groups in total. The number of benzene rings is 1. The van der Waals surface area contributed by atoms with Crippen LogP contribution in [0.25, 0.3) is 0 Å². The molecule has 0 radical (unpaired) electrons. The zero-order valence-corrected chi connectivity index (χ0v) is 9.04. The largest absolute Gasteiger partial charge is 0.497 e. The predicted octanol–water partition coefficient (Wildman–Crippen LogP) is 2.64. The molecular weight excluding hydrogens is 230 g/mol. The zero-order valence-electron chi connectivity index (χ0n) is 7.46. The van der Waals surface area contributed by atoms with Gasteiger partial charge in [0.25, 0.3) is 0 Å². The molecule has 1 rings (SSSR count). The third-order valence-corrected chi connectivity index (χ3v) is 2.54. The zero-order chi connectivity index (χ0) is 9.84. The summed E-state index contributed by atoms with van der Waals surface area (Å²) >= 11 is 3.42. The van der Waals surface area contributed by atoms with Gasteiger partial charge in [-0.1, -0.05) is 22.0 Å². The van der Waals surface area contributed by atoms with Crippen LogP contribution in [0.15, 0.2) is 35.3 Å². The van der Waals surface area contributed by atoms with Gasteiger partial charge in [0.15, 0.2) is 0 Å². The summed E-state index contributed by atoms with van der Waals surface area (Å²) in [6.45, 7) is 3.65. The minimum Gasteiger partial charge on any atom is -0.497 e. The average Bonchev–Trinajstić information content (AvgIpc) is 2.17. The number of methoxy groups -OCH3 is 1. The second-order valence-electron chi connectivity index (χ2n) is 2.65. The normalized spacial score (nSPS) is 12.2. The van der Waals surface area contributed by atoms with Crippen molar-refractivity contribution in [2.75, 3.05) is 7.11 Å². The molecule has 1 aromatic carbocycles. The van der Waals surface area contributed by atoms with E-state index in [0.29, 0.717) is 0 Å². The Morgan fingerprint density at radius 2 is 2.31 bits per heavy atom. The van der Waals surface area contributed by atoms with Gasteiger partial charge in [-0.15, -0.1) is 6.58 Å². The average molecular weight is 242 g/mol. The van der Waals surface area contributed by atoms with Gasteiger partial charge in [0, 0.05) is 10.5 Å². The van der Waals surface area contributed by atoms with Crippen LogP contribution >= 0.6 is 15.9 Å². The Bertz CT molecular complexity index is 312. The van der Waals surface area contributed by atoms with Crippen molar-refractivity contribution >= 4 is 15.9 Å². The van der Waals surface area contributed by atoms with Crippen LogP contribution in [0, 0.1) is 0 Å². The van der Waals surface area contributed by atoms with Gasteiger partial charge in [-0.2, -0.15) is 0 Å². The van der Waals surface area contributed by atoms with E-state index in [0.717, 1.165) is 15.8 Å². The van der Waals surface area contributed by atoms with E-state index in [1.54, 1.807) is 13.2 Å². The highest BCUT2D eigenvalue weighted by Gasteiger charge is 2.07. The summed E-state index contributed by atoms with van der Waals surface area (Å²) in [4.78, 5) is 0. The van der Waals surface area contributed by atoms with Gasteiger partial charge in [0.1, 0.15) is 5.75 Å². The first-order valence-corrected chi connectivity index (χ1v) is 4.70. The maximum Gasteiger partial charge on any atom is 0.119 e. The van der Waals surface area contributed by atoms with Crippen molar-refractivity contribution in [1.82, 2.24) is 0 Å². The topological polar surface area (TPSA) is 35.2 Å². The van der Waals surface area contributed by atoms with Gasteiger partial charge in [0.05, 0.1) is 7.11 Å². The molecule has 2 nitrogen and oxygen atoms in total. The quantitative estimate of drug-likeness (QED) is 0.827. The van der Waals surface area contributed by atoms with E-state index >= 15 is 0 Å². The summed E-state index contributed by atoms with van der Waals surface area (Å²) < 4.78 is 6.07. The number of ether oxygens (including phenoxy) is 1. The molecule has 0 spiro atoms. The second kappa shape index (κ2) is 4.44. The number of rotatable bonds is 3. The van der Waals surface area contributed by atoms with Crippen molar-refractivity contribution in [3.05, 3.63) is 40.9 Å². The molecule has 1 aromatic rings. The molecule has 0 fully saturated rings. The summed E-state index contributed by atoms with van der Waals surface area (Å²) in [5.41, 5.74) is 6.80. The molecular formula is C10H12BrNO. The van der Waals surface area contributed by atoms with E-state index in [-0.39, 0.29) is 6.04 Å². The maximum absolute atomic E-state index is 5.82. The molecule has 0 unspecified atom stereocenters. The molecule has 0 heterocycles. The monoisotopic (exact) mass is 241 g/mol. The molecule has 1 atom stereocenters. The van der Waals surface area contributed by atoms with Gasteiger partial charge < -0.3 is 10.5 Å². The minimum atomic E-state index is -0.163. The van der Waals surface area contributed by atoms with Gasteiger partial charge in [-0.3, -0.25) is 0 Å². The molecule has 0 bridgehead atoms. The van der Waals surface area contributed by atoms with Crippen molar-refractivity contribution in [3.63, 3.8) is 0 Å². The molecule has 70 valence electrons. The highest BCUT2D eigenvalue weighted by atomic mass is 79.9. The molecule has 13 heavy (non-hydrogen) atoms. The molecule has 0 aliphatic carbocycles. The highest BCUT2D eigenvalue weighted by molar-refractivity contribution is 9.10. The van der Waals surface area contributed by atoms with Crippen molar-refractivity contribution < 1.29 is 4.74 Å². The Balaban J connectivity index is 3.10. The van der Waals surface area contributed by atoms with Crippen LogP contribution in [0.5, 0.6) is 5.75 Å². The number of halogens is 1. The third kappa shape index (κ3) is 2.32. The Morgan fingerprint density at radius 3 is 2.85 bits per heavy atom. The fraction of sp³-hybridized carbons (Fsp3) is 0.200. The highest BCUT2D eigenvalue weighted by Crippen LogP contribution is 2.26. The van der Waals surface area contributed by atoms with Gasteiger partial charge in [-0.05, 0) is 23.8 Å². The third-order valence-electron chi connectivity index (χ3n) is 1.82. The second-order valence-corrected chi connectivity index (χ2v) is 3.50. The standard InChI is InChI=1S/C10H12BrNO/c1-3-10(12)8-6-7(13-2)4-5-9(8)11/h3-6,10H,1,12H2,2H3/t10-/m1/s1. The Morgan fingerprint density at radius 1 is 1.62 bits per heavy atom. The van der Waals surface area contributed by atoms with E-state index in [9.17, 15) is 0 Å². The van der Waals surface area contributed by atoms with E-state index in [4.69, 9.17) is 10.5 Å². The van der Waals surface area contributed by atoms with Crippen LogP contribution in [0.2, 0.25) is 0 Å². The van der Waals surface area contributed by atoms with Crippen LogP contribution in [0.4, 0.5) is 0 Å². The van der Waals surface area contributed by atoms with Crippen LogP contribution in [0.1, 0.15) is 11.6 Å². The van der Waals surface area contributed by atoms with E-state index in [1.807, 2.05) is 18.2 Å². The SMILES string of the molecule is C=C[C@@H](N)c1cc(OC)ccc1Br. The van der Waals surface area contributed by atoms with Crippen molar-refractivity contribution in [3.8, 4) is 5.75 Å².